The van der Waals surface area contributed by atoms with Gasteiger partial charge in [-0.2, -0.15) is 10.5 Å². The van der Waals surface area contributed by atoms with Gasteiger partial charge >= 0.3 is 0 Å². The van der Waals surface area contributed by atoms with E-state index in [2.05, 4.69) is 16.4 Å². The molecule has 1 atom stereocenters. The van der Waals surface area contributed by atoms with Gasteiger partial charge in [0.05, 0.1) is 18.3 Å². The smallest absolute Gasteiger partial charge is 0.187 e. The van der Waals surface area contributed by atoms with Crippen molar-refractivity contribution >= 4 is 0 Å². The molecule has 0 aliphatic rings. The van der Waals surface area contributed by atoms with Crippen molar-refractivity contribution in [2.45, 2.75) is 12.5 Å². The van der Waals surface area contributed by atoms with Crippen LogP contribution in [0.2, 0.25) is 0 Å². The predicted octanol–water partition coefficient (Wildman–Crippen LogP) is 2.99. The number of aromatic nitrogens is 3. The van der Waals surface area contributed by atoms with Gasteiger partial charge in [0.25, 0.3) is 0 Å². The van der Waals surface area contributed by atoms with Crippen LogP contribution in [0.5, 0.6) is 0 Å². The molecule has 1 aromatic heterocycles. The van der Waals surface area contributed by atoms with Gasteiger partial charge in [-0.3, -0.25) is 0 Å². The van der Waals surface area contributed by atoms with Crippen LogP contribution in [-0.2, 0) is 6.54 Å². The third-order valence-corrected chi connectivity index (χ3v) is 3.66. The first-order chi connectivity index (χ1) is 11.7. The quantitative estimate of drug-likeness (QED) is 0.741. The number of benzene rings is 2. The van der Waals surface area contributed by atoms with Crippen molar-refractivity contribution in [1.29, 1.82) is 10.5 Å². The minimum atomic E-state index is -0.751. The molecular formula is C18H12FN5. The van der Waals surface area contributed by atoms with E-state index >= 15 is 0 Å². The fourth-order valence-corrected chi connectivity index (χ4v) is 2.51. The number of hydrogen-bond acceptors (Lipinski definition) is 4. The fraction of sp³-hybridized carbons (Fsp3) is 0.111. The number of nitrogens with zero attached hydrogens (tertiary/aromatic N) is 5. The maximum atomic E-state index is 13.1. The molecule has 24 heavy (non-hydrogen) atoms. The second-order valence-electron chi connectivity index (χ2n) is 5.19. The lowest BCUT2D eigenvalue weighted by atomic mass is 9.95. The Kier molecular flexibility index (Phi) is 4.31. The Hall–Kier alpha value is -3.51. The molecular weight excluding hydrogens is 305 g/mol. The number of hydrogen-bond donors (Lipinski definition) is 0. The van der Waals surface area contributed by atoms with E-state index in [0.717, 1.165) is 5.56 Å². The van der Waals surface area contributed by atoms with Crippen LogP contribution in [0.3, 0.4) is 0 Å². The van der Waals surface area contributed by atoms with Gasteiger partial charge in [-0.25, -0.2) is 9.07 Å². The van der Waals surface area contributed by atoms with Crippen LogP contribution in [0.15, 0.2) is 54.6 Å². The molecule has 0 saturated heterocycles. The van der Waals surface area contributed by atoms with E-state index in [0.29, 0.717) is 17.8 Å². The summed E-state index contributed by atoms with van der Waals surface area (Å²) in [6, 6.07) is 19.4. The molecule has 1 unspecified atom stereocenters. The molecule has 0 bridgehead atoms. The highest BCUT2D eigenvalue weighted by Crippen LogP contribution is 2.26. The first-order valence-electron chi connectivity index (χ1n) is 7.25. The number of rotatable bonds is 4. The summed E-state index contributed by atoms with van der Waals surface area (Å²) in [6.45, 7) is 0.393. The van der Waals surface area contributed by atoms with Crippen molar-refractivity contribution in [1.82, 2.24) is 15.0 Å². The average Bonchev–Trinajstić information content (AvgIpc) is 3.01. The maximum Gasteiger partial charge on any atom is 0.187 e. The first kappa shape index (κ1) is 15.4. The number of halogens is 1. The lowest BCUT2D eigenvalue weighted by Crippen LogP contribution is -2.12. The Morgan fingerprint density at radius 3 is 2.38 bits per heavy atom. The summed E-state index contributed by atoms with van der Waals surface area (Å²) in [5.41, 5.74) is 2.08. The van der Waals surface area contributed by atoms with E-state index in [4.69, 9.17) is 0 Å². The molecule has 0 saturated carbocycles. The van der Waals surface area contributed by atoms with E-state index in [1.54, 1.807) is 4.68 Å². The third kappa shape index (κ3) is 2.99. The average molecular weight is 317 g/mol. The van der Waals surface area contributed by atoms with E-state index in [1.807, 2.05) is 36.4 Å². The molecule has 3 rings (SSSR count). The molecule has 0 aliphatic carbocycles. The van der Waals surface area contributed by atoms with Crippen LogP contribution in [0.25, 0.3) is 0 Å². The van der Waals surface area contributed by atoms with Crippen molar-refractivity contribution in [2.24, 2.45) is 0 Å². The van der Waals surface area contributed by atoms with Gasteiger partial charge in [0.2, 0.25) is 0 Å². The van der Waals surface area contributed by atoms with Crippen LogP contribution in [-0.4, -0.2) is 15.0 Å². The molecule has 1 heterocycles. The lowest BCUT2D eigenvalue weighted by Gasteiger charge is -2.12. The SMILES string of the molecule is N#Cc1nnn(Cc2ccccc2)c1C(C#N)c1ccc(F)cc1. The van der Waals surface area contributed by atoms with Crippen molar-refractivity contribution in [3.8, 4) is 12.1 Å². The van der Waals surface area contributed by atoms with Gasteiger partial charge in [-0.05, 0) is 23.3 Å². The summed E-state index contributed by atoms with van der Waals surface area (Å²) < 4.78 is 14.7. The zero-order chi connectivity index (χ0) is 16.9. The Bertz CT molecular complexity index is 917. The van der Waals surface area contributed by atoms with Crippen molar-refractivity contribution in [2.75, 3.05) is 0 Å². The van der Waals surface area contributed by atoms with Crippen LogP contribution >= 0.6 is 0 Å². The normalized spacial score (nSPS) is 11.5. The van der Waals surface area contributed by atoms with Crippen molar-refractivity contribution in [3.05, 3.63) is 82.9 Å². The van der Waals surface area contributed by atoms with Gasteiger partial charge in [-0.1, -0.05) is 47.7 Å². The van der Waals surface area contributed by atoms with Crippen LogP contribution < -0.4 is 0 Å². The molecule has 2 aromatic carbocycles. The van der Waals surface area contributed by atoms with E-state index < -0.39 is 5.92 Å². The van der Waals surface area contributed by atoms with E-state index in [1.165, 1.54) is 24.3 Å². The summed E-state index contributed by atoms with van der Waals surface area (Å²) in [6.07, 6.45) is 0. The molecule has 3 aromatic rings. The van der Waals surface area contributed by atoms with Gasteiger partial charge < -0.3 is 0 Å². The summed E-state index contributed by atoms with van der Waals surface area (Å²) in [5, 5.41) is 26.8. The maximum absolute atomic E-state index is 13.1. The zero-order valence-electron chi connectivity index (χ0n) is 12.6. The molecule has 116 valence electrons. The zero-order valence-corrected chi connectivity index (χ0v) is 12.6. The fourth-order valence-electron chi connectivity index (χ4n) is 2.51. The predicted molar refractivity (Wildman–Crippen MR) is 84.1 cm³/mol. The highest BCUT2D eigenvalue weighted by atomic mass is 19.1. The molecule has 6 heteroatoms. The van der Waals surface area contributed by atoms with Crippen LogP contribution in [0.1, 0.15) is 28.4 Å². The third-order valence-electron chi connectivity index (χ3n) is 3.66. The highest BCUT2D eigenvalue weighted by molar-refractivity contribution is 5.41. The van der Waals surface area contributed by atoms with Crippen molar-refractivity contribution < 1.29 is 4.39 Å². The molecule has 0 fully saturated rings. The topological polar surface area (TPSA) is 78.3 Å². The molecule has 0 N–H and O–H groups in total. The Labute approximate surface area is 138 Å². The standard InChI is InChI=1S/C18H12FN5/c19-15-8-6-14(7-9-15)16(10-20)18-17(11-21)22-23-24(18)12-13-4-2-1-3-5-13/h1-9,16H,12H2. The number of nitriles is 2. The summed E-state index contributed by atoms with van der Waals surface area (Å²) in [7, 11) is 0. The summed E-state index contributed by atoms with van der Waals surface area (Å²) in [5.74, 6) is -1.13. The molecule has 0 aliphatic heterocycles. The van der Waals surface area contributed by atoms with Gasteiger partial charge in [0, 0.05) is 0 Å². The molecule has 0 amide bonds. The molecule has 0 spiro atoms. The van der Waals surface area contributed by atoms with E-state index in [9.17, 15) is 14.9 Å². The second-order valence-corrected chi connectivity index (χ2v) is 5.19. The largest absolute Gasteiger partial charge is 0.242 e. The highest BCUT2D eigenvalue weighted by Gasteiger charge is 2.24. The Balaban J connectivity index is 2.05. The molecule has 5 nitrogen and oxygen atoms in total. The minimum absolute atomic E-state index is 0.0989. The van der Waals surface area contributed by atoms with Crippen LogP contribution in [0.4, 0.5) is 4.39 Å². The van der Waals surface area contributed by atoms with Gasteiger partial charge in [-0.15, -0.1) is 5.10 Å². The monoisotopic (exact) mass is 317 g/mol. The van der Waals surface area contributed by atoms with Gasteiger partial charge in [0.1, 0.15) is 17.8 Å². The van der Waals surface area contributed by atoms with Crippen LogP contribution in [0, 0.1) is 28.5 Å². The lowest BCUT2D eigenvalue weighted by molar-refractivity contribution is 0.614. The first-order valence-corrected chi connectivity index (χ1v) is 7.25. The Morgan fingerprint density at radius 1 is 1.04 bits per heavy atom. The van der Waals surface area contributed by atoms with E-state index in [-0.39, 0.29) is 11.5 Å². The summed E-state index contributed by atoms with van der Waals surface area (Å²) in [4.78, 5) is 0. The second kappa shape index (κ2) is 6.72. The van der Waals surface area contributed by atoms with Crippen molar-refractivity contribution in [3.63, 3.8) is 0 Å². The molecule has 0 radical (unpaired) electrons. The summed E-state index contributed by atoms with van der Waals surface area (Å²) >= 11 is 0. The Morgan fingerprint density at radius 2 is 1.75 bits per heavy atom. The minimum Gasteiger partial charge on any atom is -0.242 e. The van der Waals surface area contributed by atoms with Gasteiger partial charge in [0.15, 0.2) is 5.69 Å².